The second-order valence-electron chi connectivity index (χ2n) is 6.10. The van der Waals surface area contributed by atoms with Gasteiger partial charge < -0.3 is 5.32 Å². The van der Waals surface area contributed by atoms with Crippen LogP contribution in [0.2, 0.25) is 0 Å². The summed E-state index contributed by atoms with van der Waals surface area (Å²) < 4.78 is 27.5. The van der Waals surface area contributed by atoms with Gasteiger partial charge in [-0.3, -0.25) is 0 Å². The average Bonchev–Trinajstić information content (AvgIpc) is 2.83. The molecule has 0 fully saturated rings. The lowest BCUT2D eigenvalue weighted by Crippen LogP contribution is -2.37. The first-order valence-electron chi connectivity index (χ1n) is 7.56. The Morgan fingerprint density at radius 2 is 1.76 bits per heavy atom. The van der Waals surface area contributed by atoms with E-state index < -0.39 is 10.0 Å². The maximum atomic E-state index is 13.0. The van der Waals surface area contributed by atoms with E-state index in [9.17, 15) is 8.42 Å². The monoisotopic (exact) mass is 332 g/mol. The van der Waals surface area contributed by atoms with Crippen molar-refractivity contribution in [3.8, 4) is 0 Å². The zero-order valence-corrected chi connectivity index (χ0v) is 15.4. The molecule has 0 radical (unpaired) electrons. The number of nitrogens with zero attached hydrogens (tertiary/aromatic N) is 1. The molecule has 1 rings (SSSR count). The van der Waals surface area contributed by atoms with Crippen molar-refractivity contribution in [3.63, 3.8) is 0 Å². The van der Waals surface area contributed by atoms with Crippen molar-refractivity contribution < 1.29 is 8.42 Å². The standard InChI is InChI=1S/C15H28N2O2S2/c1-6-16-9-14-15(7-8-20-14)21(18,19)17(10-12(2)3)11-13(4)5/h7-8,12-13,16H,6,9-11H2,1-5H3. The molecule has 0 saturated heterocycles. The normalized spacial score (nSPS) is 12.8. The largest absolute Gasteiger partial charge is 0.312 e. The van der Waals surface area contributed by atoms with Gasteiger partial charge in [-0.1, -0.05) is 34.6 Å². The Balaban J connectivity index is 3.07. The number of thiophene rings is 1. The Kier molecular flexibility index (Phi) is 7.33. The van der Waals surface area contributed by atoms with Gasteiger partial charge >= 0.3 is 0 Å². The third-order valence-electron chi connectivity index (χ3n) is 3.00. The molecule has 0 aromatic carbocycles. The molecule has 1 aromatic rings. The second-order valence-corrected chi connectivity index (χ2v) is 9.01. The van der Waals surface area contributed by atoms with E-state index in [0.29, 0.717) is 36.4 Å². The van der Waals surface area contributed by atoms with Gasteiger partial charge in [-0.15, -0.1) is 11.3 Å². The summed E-state index contributed by atoms with van der Waals surface area (Å²) in [5.74, 6) is 0.628. The summed E-state index contributed by atoms with van der Waals surface area (Å²) in [6.45, 7) is 12.8. The minimum absolute atomic E-state index is 0.314. The van der Waals surface area contributed by atoms with Gasteiger partial charge in [0.2, 0.25) is 10.0 Å². The van der Waals surface area contributed by atoms with Gasteiger partial charge in [-0.25, -0.2) is 8.42 Å². The molecule has 0 amide bonds. The van der Waals surface area contributed by atoms with Crippen LogP contribution in [-0.2, 0) is 16.6 Å². The lowest BCUT2D eigenvalue weighted by molar-refractivity contribution is 0.333. The fourth-order valence-electron chi connectivity index (χ4n) is 2.15. The van der Waals surface area contributed by atoms with E-state index in [2.05, 4.69) is 33.0 Å². The maximum absolute atomic E-state index is 13.0. The summed E-state index contributed by atoms with van der Waals surface area (Å²) in [7, 11) is -3.41. The molecule has 0 saturated carbocycles. The van der Waals surface area contributed by atoms with Crippen LogP contribution in [0.5, 0.6) is 0 Å². The van der Waals surface area contributed by atoms with E-state index >= 15 is 0 Å². The van der Waals surface area contributed by atoms with E-state index in [1.165, 1.54) is 11.3 Å². The van der Waals surface area contributed by atoms with E-state index in [1.807, 2.05) is 12.3 Å². The number of sulfonamides is 1. The predicted molar refractivity (Wildman–Crippen MR) is 90.1 cm³/mol. The number of rotatable bonds is 9. The van der Waals surface area contributed by atoms with Crippen molar-refractivity contribution in [3.05, 3.63) is 16.3 Å². The molecule has 1 aromatic heterocycles. The first kappa shape index (κ1) is 18.6. The molecule has 0 unspecified atom stereocenters. The first-order valence-corrected chi connectivity index (χ1v) is 9.88. The molecule has 21 heavy (non-hydrogen) atoms. The molecule has 6 heteroatoms. The highest BCUT2D eigenvalue weighted by Crippen LogP contribution is 2.26. The molecule has 0 bridgehead atoms. The lowest BCUT2D eigenvalue weighted by Gasteiger charge is -2.25. The van der Waals surface area contributed by atoms with Crippen molar-refractivity contribution in [2.45, 2.75) is 46.1 Å². The fourth-order valence-corrected chi connectivity index (χ4v) is 5.30. The van der Waals surface area contributed by atoms with Crippen molar-refractivity contribution in [2.75, 3.05) is 19.6 Å². The molecule has 0 spiro atoms. The van der Waals surface area contributed by atoms with Crippen LogP contribution in [-0.4, -0.2) is 32.4 Å². The Labute approximate surface area is 133 Å². The van der Waals surface area contributed by atoms with Crippen LogP contribution in [0.1, 0.15) is 39.5 Å². The highest BCUT2D eigenvalue weighted by molar-refractivity contribution is 7.89. The third-order valence-corrected chi connectivity index (χ3v) is 5.96. The molecular formula is C15H28N2O2S2. The summed E-state index contributed by atoms with van der Waals surface area (Å²) in [5.41, 5.74) is 0. The second kappa shape index (κ2) is 8.27. The number of hydrogen-bond acceptors (Lipinski definition) is 4. The molecule has 1 N–H and O–H groups in total. The van der Waals surface area contributed by atoms with Gasteiger partial charge in [-0.05, 0) is 29.8 Å². The Hall–Kier alpha value is -0.430. The van der Waals surface area contributed by atoms with Gasteiger partial charge in [0.15, 0.2) is 0 Å². The minimum atomic E-state index is -3.41. The van der Waals surface area contributed by atoms with Crippen molar-refractivity contribution in [1.29, 1.82) is 0 Å². The van der Waals surface area contributed by atoms with E-state index in [4.69, 9.17) is 0 Å². The van der Waals surface area contributed by atoms with Crippen LogP contribution >= 0.6 is 11.3 Å². The van der Waals surface area contributed by atoms with E-state index in [0.717, 1.165) is 11.4 Å². The Bertz CT molecular complexity index is 512. The van der Waals surface area contributed by atoms with Crippen LogP contribution < -0.4 is 5.32 Å². The molecule has 4 nitrogen and oxygen atoms in total. The van der Waals surface area contributed by atoms with Crippen LogP contribution in [0, 0.1) is 11.8 Å². The van der Waals surface area contributed by atoms with Gasteiger partial charge in [0.1, 0.15) is 0 Å². The van der Waals surface area contributed by atoms with Crippen LogP contribution in [0.15, 0.2) is 16.3 Å². The topological polar surface area (TPSA) is 49.4 Å². The van der Waals surface area contributed by atoms with Crippen LogP contribution in [0.3, 0.4) is 0 Å². The third kappa shape index (κ3) is 5.36. The van der Waals surface area contributed by atoms with Crippen molar-refractivity contribution in [2.24, 2.45) is 11.8 Å². The van der Waals surface area contributed by atoms with Crippen molar-refractivity contribution in [1.82, 2.24) is 9.62 Å². The van der Waals surface area contributed by atoms with Crippen molar-refractivity contribution >= 4 is 21.4 Å². The van der Waals surface area contributed by atoms with E-state index in [1.54, 1.807) is 10.4 Å². The quantitative estimate of drug-likeness (QED) is 0.756. The molecule has 0 aliphatic heterocycles. The van der Waals surface area contributed by atoms with Crippen LogP contribution in [0.4, 0.5) is 0 Å². The van der Waals surface area contributed by atoms with E-state index in [-0.39, 0.29) is 0 Å². The Morgan fingerprint density at radius 1 is 1.19 bits per heavy atom. The highest BCUT2D eigenvalue weighted by atomic mass is 32.2. The maximum Gasteiger partial charge on any atom is 0.244 e. The molecule has 0 aliphatic rings. The van der Waals surface area contributed by atoms with Gasteiger partial charge in [-0.2, -0.15) is 4.31 Å². The molecular weight excluding hydrogens is 304 g/mol. The summed E-state index contributed by atoms with van der Waals surface area (Å²) in [4.78, 5) is 1.36. The molecule has 1 heterocycles. The number of hydrogen-bond donors (Lipinski definition) is 1. The zero-order valence-electron chi connectivity index (χ0n) is 13.7. The van der Waals surface area contributed by atoms with Gasteiger partial charge in [0, 0.05) is 24.5 Å². The molecule has 122 valence electrons. The smallest absolute Gasteiger partial charge is 0.244 e. The zero-order chi connectivity index (χ0) is 16.0. The summed E-state index contributed by atoms with van der Waals surface area (Å²) in [6, 6.07) is 1.74. The predicted octanol–water partition coefficient (Wildman–Crippen LogP) is 3.16. The molecule has 0 aliphatic carbocycles. The minimum Gasteiger partial charge on any atom is -0.312 e. The van der Waals surface area contributed by atoms with Crippen LogP contribution in [0.25, 0.3) is 0 Å². The first-order chi connectivity index (χ1) is 9.78. The summed E-state index contributed by atoms with van der Waals surface area (Å²) in [5, 5.41) is 5.07. The Morgan fingerprint density at radius 3 is 2.24 bits per heavy atom. The molecule has 0 atom stereocenters. The lowest BCUT2D eigenvalue weighted by atomic mass is 10.2. The summed E-state index contributed by atoms with van der Waals surface area (Å²) >= 11 is 1.50. The van der Waals surface area contributed by atoms with Gasteiger partial charge in [0.25, 0.3) is 0 Å². The number of nitrogens with one attached hydrogen (secondary N) is 1. The SMILES string of the molecule is CCNCc1sccc1S(=O)(=O)N(CC(C)C)CC(C)C. The average molecular weight is 333 g/mol. The highest BCUT2D eigenvalue weighted by Gasteiger charge is 2.28. The fraction of sp³-hybridized carbons (Fsp3) is 0.733. The summed E-state index contributed by atoms with van der Waals surface area (Å²) in [6.07, 6.45) is 0. The van der Waals surface area contributed by atoms with Gasteiger partial charge in [0.05, 0.1) is 4.90 Å².